The van der Waals surface area contributed by atoms with E-state index in [4.69, 9.17) is 21.1 Å². The molecule has 6 nitrogen and oxygen atoms in total. The van der Waals surface area contributed by atoms with Gasteiger partial charge in [-0.25, -0.2) is 4.79 Å². The van der Waals surface area contributed by atoms with Crippen LogP contribution in [0, 0.1) is 0 Å². The number of halogens is 1. The fraction of sp³-hybridized carbons (Fsp3) is 0.368. The molecule has 0 saturated heterocycles. The molecule has 27 heavy (non-hydrogen) atoms. The van der Waals surface area contributed by atoms with E-state index in [1.165, 1.54) is 18.4 Å². The van der Waals surface area contributed by atoms with Crippen LogP contribution in [-0.2, 0) is 22.5 Å². The highest BCUT2D eigenvalue weighted by Crippen LogP contribution is 2.37. The highest BCUT2D eigenvalue weighted by atomic mass is 35.5. The molecule has 1 N–H and O–H groups in total. The van der Waals surface area contributed by atoms with Crippen LogP contribution in [0.3, 0.4) is 0 Å². The van der Waals surface area contributed by atoms with Crippen LogP contribution in [0.25, 0.3) is 0 Å². The molecule has 0 spiro atoms. The summed E-state index contributed by atoms with van der Waals surface area (Å²) in [6.45, 7) is 4.55. The first-order chi connectivity index (χ1) is 13.0. The van der Waals surface area contributed by atoms with Crippen LogP contribution in [0.1, 0.15) is 27.7 Å². The van der Waals surface area contributed by atoms with E-state index in [1.807, 2.05) is 0 Å². The zero-order chi connectivity index (χ0) is 19.4. The standard InChI is InChI=1S/C19H21ClN2O4S/c1-3-22-9-8-14-15(10-22)27-18(17(14)19(24)25-2)21-16(23)11-26-13-6-4-12(20)5-7-13/h4-7H,3,8-11H2,1-2H3,(H,21,23). The van der Waals surface area contributed by atoms with Crippen LogP contribution >= 0.6 is 22.9 Å². The largest absolute Gasteiger partial charge is 0.484 e. The van der Waals surface area contributed by atoms with Gasteiger partial charge < -0.3 is 14.8 Å². The SMILES string of the molecule is CCN1CCc2c(sc(NC(=O)COc3ccc(Cl)cc3)c2C(=O)OC)C1. The Bertz CT molecular complexity index is 835. The number of thiophene rings is 1. The lowest BCUT2D eigenvalue weighted by molar-refractivity contribution is -0.118. The van der Waals surface area contributed by atoms with E-state index >= 15 is 0 Å². The molecule has 0 saturated carbocycles. The summed E-state index contributed by atoms with van der Waals surface area (Å²) in [4.78, 5) is 28.0. The fourth-order valence-electron chi connectivity index (χ4n) is 2.97. The minimum Gasteiger partial charge on any atom is -0.484 e. The van der Waals surface area contributed by atoms with Gasteiger partial charge in [0.2, 0.25) is 0 Å². The number of likely N-dealkylation sites (N-methyl/N-ethyl adjacent to an activating group) is 1. The third kappa shape index (κ3) is 4.61. The van der Waals surface area contributed by atoms with Gasteiger partial charge in [0.1, 0.15) is 10.8 Å². The van der Waals surface area contributed by atoms with Crippen molar-refractivity contribution in [2.24, 2.45) is 0 Å². The van der Waals surface area contributed by atoms with Crippen LogP contribution in [0.15, 0.2) is 24.3 Å². The molecule has 2 heterocycles. The molecule has 1 aromatic heterocycles. The second-order valence-corrected chi connectivity index (χ2v) is 7.65. The molecular weight excluding hydrogens is 388 g/mol. The van der Waals surface area contributed by atoms with Crippen molar-refractivity contribution < 1.29 is 19.1 Å². The van der Waals surface area contributed by atoms with E-state index in [2.05, 4.69) is 17.1 Å². The second kappa shape index (κ2) is 8.73. The van der Waals surface area contributed by atoms with Gasteiger partial charge in [-0.3, -0.25) is 9.69 Å². The highest BCUT2D eigenvalue weighted by Gasteiger charge is 2.28. The number of esters is 1. The molecule has 0 radical (unpaired) electrons. The Morgan fingerprint density at radius 2 is 2.04 bits per heavy atom. The molecule has 0 fully saturated rings. The molecule has 1 aromatic carbocycles. The maximum absolute atomic E-state index is 12.3. The zero-order valence-electron chi connectivity index (χ0n) is 15.2. The number of amides is 1. The summed E-state index contributed by atoms with van der Waals surface area (Å²) in [6, 6.07) is 6.77. The summed E-state index contributed by atoms with van der Waals surface area (Å²) in [5.41, 5.74) is 1.44. The summed E-state index contributed by atoms with van der Waals surface area (Å²) in [5, 5.41) is 3.93. The summed E-state index contributed by atoms with van der Waals surface area (Å²) < 4.78 is 10.4. The predicted octanol–water partition coefficient (Wildman–Crippen LogP) is 3.58. The number of methoxy groups -OCH3 is 1. The number of rotatable bonds is 6. The minimum absolute atomic E-state index is 0.161. The lowest BCUT2D eigenvalue weighted by Crippen LogP contribution is -2.30. The zero-order valence-corrected chi connectivity index (χ0v) is 16.8. The molecule has 1 amide bonds. The van der Waals surface area contributed by atoms with E-state index in [0.717, 1.165) is 36.5 Å². The van der Waals surface area contributed by atoms with Gasteiger partial charge in [0.15, 0.2) is 6.61 Å². The van der Waals surface area contributed by atoms with E-state index in [1.54, 1.807) is 24.3 Å². The van der Waals surface area contributed by atoms with Gasteiger partial charge in [-0.1, -0.05) is 18.5 Å². The summed E-state index contributed by atoms with van der Waals surface area (Å²) in [7, 11) is 1.35. The van der Waals surface area contributed by atoms with Crippen LogP contribution in [0.5, 0.6) is 5.75 Å². The Hall–Kier alpha value is -2.09. The van der Waals surface area contributed by atoms with Gasteiger partial charge in [0, 0.05) is 23.0 Å². The molecule has 0 atom stereocenters. The first-order valence-electron chi connectivity index (χ1n) is 8.65. The van der Waals surface area contributed by atoms with Gasteiger partial charge in [0.05, 0.1) is 12.7 Å². The second-order valence-electron chi connectivity index (χ2n) is 6.11. The van der Waals surface area contributed by atoms with E-state index in [0.29, 0.717) is 21.3 Å². The van der Waals surface area contributed by atoms with Crippen molar-refractivity contribution in [1.82, 2.24) is 4.90 Å². The summed E-state index contributed by atoms with van der Waals surface area (Å²) in [6.07, 6.45) is 0.765. The molecule has 144 valence electrons. The van der Waals surface area contributed by atoms with E-state index in [-0.39, 0.29) is 12.5 Å². The number of nitrogens with one attached hydrogen (secondary N) is 1. The van der Waals surface area contributed by atoms with Crippen LogP contribution in [0.4, 0.5) is 5.00 Å². The molecule has 1 aliphatic rings. The number of benzene rings is 1. The molecule has 1 aliphatic heterocycles. The topological polar surface area (TPSA) is 67.9 Å². The van der Waals surface area contributed by atoms with Gasteiger partial charge in [-0.05, 0) is 42.8 Å². The van der Waals surface area contributed by atoms with Crippen LogP contribution < -0.4 is 10.1 Å². The lowest BCUT2D eigenvalue weighted by atomic mass is 10.0. The fourth-order valence-corrected chi connectivity index (χ4v) is 4.40. The first-order valence-corrected chi connectivity index (χ1v) is 9.84. The maximum atomic E-state index is 12.3. The highest BCUT2D eigenvalue weighted by molar-refractivity contribution is 7.17. The predicted molar refractivity (Wildman–Crippen MR) is 106 cm³/mol. The lowest BCUT2D eigenvalue weighted by Gasteiger charge is -2.25. The number of anilines is 1. The van der Waals surface area contributed by atoms with Crippen molar-refractivity contribution in [1.29, 1.82) is 0 Å². The molecule has 0 aliphatic carbocycles. The number of carbonyl (C=O) groups excluding carboxylic acids is 2. The number of nitrogens with zero attached hydrogens (tertiary/aromatic N) is 1. The van der Waals surface area contributed by atoms with Gasteiger partial charge in [-0.2, -0.15) is 0 Å². The summed E-state index contributed by atoms with van der Waals surface area (Å²) in [5.74, 6) is -0.209. The third-order valence-corrected chi connectivity index (χ3v) is 5.79. The number of hydrogen-bond acceptors (Lipinski definition) is 6. The van der Waals surface area contributed by atoms with Crippen LogP contribution in [0.2, 0.25) is 5.02 Å². The van der Waals surface area contributed by atoms with Crippen molar-refractivity contribution in [3.63, 3.8) is 0 Å². The molecule has 8 heteroatoms. The Kier molecular flexibility index (Phi) is 6.36. The quantitative estimate of drug-likeness (QED) is 0.740. The molecule has 2 aromatic rings. The van der Waals surface area contributed by atoms with E-state index < -0.39 is 5.97 Å². The van der Waals surface area contributed by atoms with Crippen LogP contribution in [-0.4, -0.2) is 43.6 Å². The Morgan fingerprint density at radius 1 is 1.30 bits per heavy atom. The molecule has 3 rings (SSSR count). The monoisotopic (exact) mass is 408 g/mol. The number of ether oxygens (including phenoxy) is 2. The third-order valence-electron chi connectivity index (χ3n) is 4.41. The normalized spacial score (nSPS) is 13.7. The van der Waals surface area contributed by atoms with Gasteiger partial charge in [0.25, 0.3) is 5.91 Å². The number of hydrogen-bond donors (Lipinski definition) is 1. The van der Waals surface area contributed by atoms with Crippen molar-refractivity contribution >= 4 is 39.8 Å². The number of carbonyl (C=O) groups is 2. The molecular formula is C19H21ClN2O4S. The average molecular weight is 409 g/mol. The summed E-state index contributed by atoms with van der Waals surface area (Å²) >= 11 is 7.26. The van der Waals surface area contributed by atoms with Crippen molar-refractivity contribution in [2.45, 2.75) is 19.9 Å². The van der Waals surface area contributed by atoms with Gasteiger partial charge in [-0.15, -0.1) is 11.3 Å². The minimum atomic E-state index is -0.425. The molecule has 0 unspecified atom stereocenters. The first kappa shape index (κ1) is 19.7. The molecule has 0 bridgehead atoms. The Labute approximate surface area is 167 Å². The smallest absolute Gasteiger partial charge is 0.341 e. The Morgan fingerprint density at radius 3 is 2.70 bits per heavy atom. The Balaban J connectivity index is 1.73. The van der Waals surface area contributed by atoms with Gasteiger partial charge >= 0.3 is 5.97 Å². The van der Waals surface area contributed by atoms with Crippen molar-refractivity contribution in [3.8, 4) is 5.75 Å². The van der Waals surface area contributed by atoms with Crippen molar-refractivity contribution in [2.75, 3.05) is 32.1 Å². The van der Waals surface area contributed by atoms with E-state index in [9.17, 15) is 9.59 Å². The average Bonchev–Trinajstić information content (AvgIpc) is 3.03. The maximum Gasteiger partial charge on any atom is 0.341 e. The van der Waals surface area contributed by atoms with Crippen molar-refractivity contribution in [3.05, 3.63) is 45.3 Å². The number of fused-ring (bicyclic) bond motifs is 1.